The van der Waals surface area contributed by atoms with E-state index < -0.39 is 10.0 Å². The van der Waals surface area contributed by atoms with E-state index in [1.807, 2.05) is 17.5 Å². The number of carbonyl (C=O) groups excluding carboxylic acids is 2. The lowest BCUT2D eigenvalue weighted by Crippen LogP contribution is -2.39. The molecule has 6 nitrogen and oxygen atoms in total. The molecule has 2 rings (SSSR count). The van der Waals surface area contributed by atoms with Crippen LogP contribution in [0.3, 0.4) is 0 Å². The van der Waals surface area contributed by atoms with Crippen LogP contribution in [0.2, 0.25) is 0 Å². The second-order valence-corrected chi connectivity index (χ2v) is 8.75. The van der Waals surface area contributed by atoms with Crippen molar-refractivity contribution in [1.82, 2.24) is 9.21 Å². The standard InChI is InChI=1S/C17H20N2O4S2/c1-13(20)14-6-8-16(9-7-14)25(22,23)19(3)12-17(21)18(2)11-15-5-4-10-24-15/h4-10H,11-12H2,1-3H3. The van der Waals surface area contributed by atoms with E-state index in [0.717, 1.165) is 9.18 Å². The van der Waals surface area contributed by atoms with E-state index >= 15 is 0 Å². The predicted octanol–water partition coefficient (Wildman–Crippen LogP) is 2.23. The van der Waals surface area contributed by atoms with E-state index in [2.05, 4.69) is 0 Å². The number of sulfonamides is 1. The van der Waals surface area contributed by atoms with E-state index in [1.165, 1.54) is 43.1 Å². The SMILES string of the molecule is CC(=O)c1ccc(S(=O)(=O)N(C)CC(=O)N(C)Cc2cccs2)cc1. The van der Waals surface area contributed by atoms with Crippen molar-refractivity contribution < 1.29 is 18.0 Å². The summed E-state index contributed by atoms with van der Waals surface area (Å²) in [7, 11) is -0.786. The van der Waals surface area contributed by atoms with E-state index in [0.29, 0.717) is 12.1 Å². The van der Waals surface area contributed by atoms with Crippen molar-refractivity contribution >= 4 is 33.1 Å². The summed E-state index contributed by atoms with van der Waals surface area (Å²) in [6.45, 7) is 1.61. The first kappa shape index (κ1) is 19.3. The Labute approximate surface area is 151 Å². The fraction of sp³-hybridized carbons (Fsp3) is 0.294. The number of likely N-dealkylation sites (N-methyl/N-ethyl adjacent to an activating group) is 2. The van der Waals surface area contributed by atoms with Gasteiger partial charge in [0.15, 0.2) is 5.78 Å². The summed E-state index contributed by atoms with van der Waals surface area (Å²) >= 11 is 1.54. The van der Waals surface area contributed by atoms with Gasteiger partial charge in [-0.1, -0.05) is 18.2 Å². The molecule has 1 aromatic heterocycles. The molecule has 0 radical (unpaired) electrons. The molecule has 0 saturated heterocycles. The van der Waals surface area contributed by atoms with Crippen molar-refractivity contribution in [3.05, 3.63) is 52.2 Å². The first-order chi connectivity index (χ1) is 11.7. The molecule has 0 unspecified atom stereocenters. The van der Waals surface area contributed by atoms with E-state index in [-0.39, 0.29) is 23.1 Å². The molecular weight excluding hydrogens is 360 g/mol. The van der Waals surface area contributed by atoms with Crippen LogP contribution in [0.15, 0.2) is 46.7 Å². The van der Waals surface area contributed by atoms with Gasteiger partial charge in [-0.15, -0.1) is 11.3 Å². The van der Waals surface area contributed by atoms with Crippen molar-refractivity contribution in [1.29, 1.82) is 0 Å². The summed E-state index contributed by atoms with van der Waals surface area (Å²) in [5, 5.41) is 1.93. The molecule has 8 heteroatoms. The Morgan fingerprint density at radius 1 is 1.08 bits per heavy atom. The molecule has 1 aromatic carbocycles. The van der Waals surface area contributed by atoms with Gasteiger partial charge in [-0.05, 0) is 30.5 Å². The summed E-state index contributed by atoms with van der Waals surface area (Å²) in [4.78, 5) is 26.1. The van der Waals surface area contributed by atoms with Gasteiger partial charge in [0.2, 0.25) is 15.9 Å². The van der Waals surface area contributed by atoms with Gasteiger partial charge in [-0.25, -0.2) is 8.42 Å². The molecule has 134 valence electrons. The van der Waals surface area contributed by atoms with E-state index in [9.17, 15) is 18.0 Å². The Morgan fingerprint density at radius 2 is 1.72 bits per heavy atom. The molecule has 0 aliphatic heterocycles. The predicted molar refractivity (Wildman–Crippen MR) is 97.1 cm³/mol. The minimum atomic E-state index is -3.79. The summed E-state index contributed by atoms with van der Waals surface area (Å²) < 4.78 is 26.1. The lowest BCUT2D eigenvalue weighted by atomic mass is 10.2. The number of carbonyl (C=O) groups is 2. The number of nitrogens with zero attached hydrogens (tertiary/aromatic N) is 2. The van der Waals surface area contributed by atoms with Gasteiger partial charge < -0.3 is 4.90 Å². The zero-order chi connectivity index (χ0) is 18.6. The Morgan fingerprint density at radius 3 is 2.24 bits per heavy atom. The van der Waals surface area contributed by atoms with Crippen LogP contribution in [0.5, 0.6) is 0 Å². The summed E-state index contributed by atoms with van der Waals surface area (Å²) in [6.07, 6.45) is 0. The summed E-state index contributed by atoms with van der Waals surface area (Å²) in [5.41, 5.74) is 0.438. The highest BCUT2D eigenvalue weighted by atomic mass is 32.2. The third-order valence-electron chi connectivity index (χ3n) is 3.73. The van der Waals surface area contributed by atoms with Gasteiger partial charge in [0, 0.05) is 24.5 Å². The average molecular weight is 380 g/mol. The molecule has 0 spiro atoms. The normalized spacial score (nSPS) is 11.5. The van der Waals surface area contributed by atoms with Crippen LogP contribution < -0.4 is 0 Å². The monoisotopic (exact) mass is 380 g/mol. The highest BCUT2D eigenvalue weighted by molar-refractivity contribution is 7.89. The van der Waals surface area contributed by atoms with Gasteiger partial charge in [0.25, 0.3) is 0 Å². The zero-order valence-corrected chi connectivity index (χ0v) is 15.9. The maximum absolute atomic E-state index is 12.6. The molecule has 0 bridgehead atoms. The van der Waals surface area contributed by atoms with Crippen molar-refractivity contribution in [2.75, 3.05) is 20.6 Å². The third-order valence-corrected chi connectivity index (χ3v) is 6.40. The first-order valence-corrected chi connectivity index (χ1v) is 9.87. The fourth-order valence-corrected chi connectivity index (χ4v) is 4.04. The van der Waals surface area contributed by atoms with Gasteiger partial charge in [-0.3, -0.25) is 9.59 Å². The lowest BCUT2D eigenvalue weighted by Gasteiger charge is -2.21. The molecule has 0 N–H and O–H groups in total. The third kappa shape index (κ3) is 4.75. The second-order valence-electron chi connectivity index (χ2n) is 5.67. The highest BCUT2D eigenvalue weighted by Gasteiger charge is 2.24. The van der Waals surface area contributed by atoms with Gasteiger partial charge >= 0.3 is 0 Å². The highest BCUT2D eigenvalue weighted by Crippen LogP contribution is 2.16. The maximum Gasteiger partial charge on any atom is 0.243 e. The van der Waals surface area contributed by atoms with Gasteiger partial charge in [0.05, 0.1) is 18.0 Å². The van der Waals surface area contributed by atoms with Gasteiger partial charge in [-0.2, -0.15) is 4.31 Å². The Balaban J connectivity index is 2.06. The zero-order valence-electron chi connectivity index (χ0n) is 14.3. The quantitative estimate of drug-likeness (QED) is 0.691. The number of thiophene rings is 1. The Kier molecular flexibility index (Phi) is 6.10. The molecule has 0 atom stereocenters. The summed E-state index contributed by atoms with van der Waals surface area (Å²) in [5.74, 6) is -0.428. The lowest BCUT2D eigenvalue weighted by molar-refractivity contribution is -0.130. The van der Waals surface area contributed by atoms with Crippen LogP contribution in [0.4, 0.5) is 0 Å². The smallest absolute Gasteiger partial charge is 0.243 e. The number of hydrogen-bond donors (Lipinski definition) is 0. The fourth-order valence-electron chi connectivity index (χ4n) is 2.16. The molecule has 0 aliphatic rings. The molecule has 0 saturated carbocycles. The molecule has 2 aromatic rings. The molecule has 25 heavy (non-hydrogen) atoms. The van der Waals surface area contributed by atoms with Crippen LogP contribution in [-0.2, 0) is 21.4 Å². The topological polar surface area (TPSA) is 74.8 Å². The molecule has 0 aliphatic carbocycles. The molecule has 0 fully saturated rings. The van der Waals surface area contributed by atoms with Gasteiger partial charge in [0.1, 0.15) is 0 Å². The second kappa shape index (κ2) is 7.90. The van der Waals surface area contributed by atoms with Crippen LogP contribution in [-0.4, -0.2) is 50.0 Å². The maximum atomic E-state index is 12.6. The number of rotatable bonds is 7. The number of Topliss-reactive ketones (excluding diaryl/α,β-unsaturated/α-hetero) is 1. The summed E-state index contributed by atoms with van der Waals surface area (Å²) in [6, 6.07) is 9.51. The van der Waals surface area contributed by atoms with E-state index in [4.69, 9.17) is 0 Å². The Bertz CT molecular complexity index is 843. The van der Waals surface area contributed by atoms with Crippen molar-refractivity contribution in [3.8, 4) is 0 Å². The van der Waals surface area contributed by atoms with Crippen molar-refractivity contribution in [2.45, 2.75) is 18.4 Å². The van der Waals surface area contributed by atoms with Crippen LogP contribution >= 0.6 is 11.3 Å². The Hall–Kier alpha value is -2.03. The van der Waals surface area contributed by atoms with E-state index in [1.54, 1.807) is 18.4 Å². The molecule has 1 amide bonds. The largest absolute Gasteiger partial charge is 0.339 e. The van der Waals surface area contributed by atoms with Crippen molar-refractivity contribution in [3.63, 3.8) is 0 Å². The minimum Gasteiger partial charge on any atom is -0.339 e. The first-order valence-electron chi connectivity index (χ1n) is 7.55. The minimum absolute atomic E-state index is 0.0497. The van der Waals surface area contributed by atoms with Crippen LogP contribution in [0.1, 0.15) is 22.2 Å². The number of ketones is 1. The number of benzene rings is 1. The number of amides is 1. The van der Waals surface area contributed by atoms with Crippen molar-refractivity contribution in [2.24, 2.45) is 0 Å². The van der Waals surface area contributed by atoms with Crippen LogP contribution in [0, 0.1) is 0 Å². The average Bonchev–Trinajstić information content (AvgIpc) is 3.07. The van der Waals surface area contributed by atoms with Crippen LogP contribution in [0.25, 0.3) is 0 Å². The number of hydrogen-bond acceptors (Lipinski definition) is 5. The molecular formula is C17H20N2O4S2. The molecule has 1 heterocycles.